The summed E-state index contributed by atoms with van der Waals surface area (Å²) in [6.07, 6.45) is 2.03. The van der Waals surface area contributed by atoms with Gasteiger partial charge in [0.2, 0.25) is 0 Å². The molecule has 1 atom stereocenters. The van der Waals surface area contributed by atoms with Gasteiger partial charge in [-0.25, -0.2) is 4.39 Å². The van der Waals surface area contributed by atoms with Gasteiger partial charge >= 0.3 is 5.97 Å². The van der Waals surface area contributed by atoms with Crippen molar-refractivity contribution >= 4 is 11.7 Å². The Labute approximate surface area is 105 Å². The fraction of sp³-hybridized carbons (Fsp3) is 0.462. The number of carboxylic acids is 1. The zero-order valence-electron chi connectivity index (χ0n) is 9.99. The minimum atomic E-state index is -0.972. The van der Waals surface area contributed by atoms with Crippen LogP contribution in [0.15, 0.2) is 18.2 Å². The fourth-order valence-corrected chi connectivity index (χ4v) is 2.07. The van der Waals surface area contributed by atoms with Gasteiger partial charge in [0.1, 0.15) is 5.82 Å². The van der Waals surface area contributed by atoms with E-state index in [0.29, 0.717) is 17.8 Å². The molecule has 1 heterocycles. The first-order valence-electron chi connectivity index (χ1n) is 6.01. The van der Waals surface area contributed by atoms with Gasteiger partial charge in [-0.05, 0) is 36.6 Å². The van der Waals surface area contributed by atoms with Crippen LogP contribution >= 0.6 is 0 Å². The topological polar surface area (TPSA) is 58.6 Å². The van der Waals surface area contributed by atoms with Crippen LogP contribution in [0.3, 0.4) is 0 Å². The molecule has 18 heavy (non-hydrogen) atoms. The van der Waals surface area contributed by atoms with Gasteiger partial charge in [-0.15, -0.1) is 0 Å². The highest BCUT2D eigenvalue weighted by atomic mass is 19.1. The third kappa shape index (κ3) is 3.43. The first-order valence-corrected chi connectivity index (χ1v) is 6.01. The molecule has 1 aliphatic rings. The van der Waals surface area contributed by atoms with E-state index in [1.807, 2.05) is 0 Å². The van der Waals surface area contributed by atoms with Gasteiger partial charge in [0.05, 0.1) is 12.5 Å². The standard InChI is InChI=1S/C13H16FNO3/c14-10-3-4-12(9(6-10)7-13(16)17)15-8-11-2-1-5-18-11/h3-4,6,11,15H,1-2,5,7-8H2,(H,16,17). The van der Waals surface area contributed by atoms with E-state index in [0.717, 1.165) is 19.4 Å². The lowest BCUT2D eigenvalue weighted by molar-refractivity contribution is -0.136. The SMILES string of the molecule is O=C(O)Cc1cc(F)ccc1NCC1CCCO1. The molecule has 1 unspecified atom stereocenters. The highest BCUT2D eigenvalue weighted by molar-refractivity contribution is 5.73. The summed E-state index contributed by atoms with van der Waals surface area (Å²) in [7, 11) is 0. The molecule has 4 nitrogen and oxygen atoms in total. The lowest BCUT2D eigenvalue weighted by atomic mass is 10.1. The van der Waals surface area contributed by atoms with E-state index < -0.39 is 11.8 Å². The minimum Gasteiger partial charge on any atom is -0.481 e. The molecule has 1 saturated heterocycles. The highest BCUT2D eigenvalue weighted by Gasteiger charge is 2.16. The van der Waals surface area contributed by atoms with Gasteiger partial charge in [0.15, 0.2) is 0 Å². The van der Waals surface area contributed by atoms with Gasteiger partial charge in [-0.1, -0.05) is 0 Å². The molecule has 5 heteroatoms. The Morgan fingerprint density at radius 1 is 1.56 bits per heavy atom. The molecule has 0 aromatic heterocycles. The Balaban J connectivity index is 2.03. The number of benzene rings is 1. The summed E-state index contributed by atoms with van der Waals surface area (Å²) in [6, 6.07) is 4.15. The number of hydrogen-bond acceptors (Lipinski definition) is 3. The minimum absolute atomic E-state index is 0.160. The van der Waals surface area contributed by atoms with Crippen molar-refractivity contribution in [3.05, 3.63) is 29.6 Å². The van der Waals surface area contributed by atoms with Crippen LogP contribution in [0.4, 0.5) is 10.1 Å². The van der Waals surface area contributed by atoms with Crippen molar-refractivity contribution in [2.75, 3.05) is 18.5 Å². The molecule has 0 amide bonds. The van der Waals surface area contributed by atoms with E-state index in [-0.39, 0.29) is 12.5 Å². The number of nitrogens with one attached hydrogen (secondary N) is 1. The van der Waals surface area contributed by atoms with Gasteiger partial charge in [-0.2, -0.15) is 0 Å². The van der Waals surface area contributed by atoms with Gasteiger partial charge in [0, 0.05) is 18.8 Å². The summed E-state index contributed by atoms with van der Waals surface area (Å²) in [6.45, 7) is 1.40. The quantitative estimate of drug-likeness (QED) is 0.843. The van der Waals surface area contributed by atoms with Crippen LogP contribution < -0.4 is 5.32 Å². The average Bonchev–Trinajstić information content (AvgIpc) is 2.80. The number of rotatable bonds is 5. The number of carboxylic acid groups (broad SMARTS) is 1. The molecule has 0 bridgehead atoms. The summed E-state index contributed by atoms with van der Waals surface area (Å²) in [5, 5.41) is 11.9. The molecule has 0 radical (unpaired) electrons. The lowest BCUT2D eigenvalue weighted by Gasteiger charge is -2.14. The van der Waals surface area contributed by atoms with E-state index in [1.54, 1.807) is 6.07 Å². The Morgan fingerprint density at radius 3 is 3.06 bits per heavy atom. The molecular weight excluding hydrogens is 237 g/mol. The molecule has 98 valence electrons. The van der Waals surface area contributed by atoms with Crippen LogP contribution in [0.5, 0.6) is 0 Å². The number of hydrogen-bond donors (Lipinski definition) is 2. The maximum absolute atomic E-state index is 13.1. The largest absolute Gasteiger partial charge is 0.481 e. The predicted octanol–water partition coefficient (Wildman–Crippen LogP) is 2.04. The number of ether oxygens (including phenoxy) is 1. The number of anilines is 1. The summed E-state index contributed by atoms with van der Waals surface area (Å²) in [5.74, 6) is -1.39. The third-order valence-corrected chi connectivity index (χ3v) is 2.95. The number of halogens is 1. The van der Waals surface area contributed by atoms with E-state index >= 15 is 0 Å². The van der Waals surface area contributed by atoms with Gasteiger partial charge in [0.25, 0.3) is 0 Å². The second-order valence-electron chi connectivity index (χ2n) is 4.39. The maximum Gasteiger partial charge on any atom is 0.307 e. The first-order chi connectivity index (χ1) is 8.65. The lowest BCUT2D eigenvalue weighted by Crippen LogP contribution is -2.19. The van der Waals surface area contributed by atoms with E-state index in [4.69, 9.17) is 9.84 Å². The van der Waals surface area contributed by atoms with Crippen molar-refractivity contribution in [1.82, 2.24) is 0 Å². The van der Waals surface area contributed by atoms with E-state index in [9.17, 15) is 9.18 Å². The highest BCUT2D eigenvalue weighted by Crippen LogP contribution is 2.19. The predicted molar refractivity (Wildman–Crippen MR) is 65.2 cm³/mol. The van der Waals surface area contributed by atoms with Crippen molar-refractivity contribution in [1.29, 1.82) is 0 Å². The van der Waals surface area contributed by atoms with Crippen LogP contribution in [0.2, 0.25) is 0 Å². The summed E-state index contributed by atoms with van der Waals surface area (Å²) >= 11 is 0. The summed E-state index contributed by atoms with van der Waals surface area (Å²) < 4.78 is 18.6. The second-order valence-corrected chi connectivity index (χ2v) is 4.39. The van der Waals surface area contributed by atoms with Gasteiger partial charge < -0.3 is 15.2 Å². The zero-order valence-corrected chi connectivity index (χ0v) is 9.99. The molecular formula is C13H16FNO3. The average molecular weight is 253 g/mol. The smallest absolute Gasteiger partial charge is 0.307 e. The molecule has 1 aromatic rings. The van der Waals surface area contributed by atoms with Gasteiger partial charge in [-0.3, -0.25) is 4.79 Å². The van der Waals surface area contributed by atoms with Crippen molar-refractivity contribution in [3.8, 4) is 0 Å². The monoisotopic (exact) mass is 253 g/mol. The van der Waals surface area contributed by atoms with Crippen LogP contribution in [0.1, 0.15) is 18.4 Å². The Hall–Kier alpha value is -1.62. The van der Waals surface area contributed by atoms with Crippen molar-refractivity contribution < 1.29 is 19.0 Å². The number of carbonyl (C=O) groups is 1. The zero-order chi connectivity index (χ0) is 13.0. The van der Waals surface area contributed by atoms with E-state index in [1.165, 1.54) is 12.1 Å². The summed E-state index contributed by atoms with van der Waals surface area (Å²) in [5.41, 5.74) is 1.12. The Kier molecular flexibility index (Phi) is 4.15. The third-order valence-electron chi connectivity index (χ3n) is 2.95. The Morgan fingerprint density at radius 2 is 2.39 bits per heavy atom. The molecule has 1 aromatic carbocycles. The molecule has 0 spiro atoms. The Bertz CT molecular complexity index is 430. The van der Waals surface area contributed by atoms with Crippen molar-refractivity contribution in [2.24, 2.45) is 0 Å². The normalized spacial score (nSPS) is 18.8. The van der Waals surface area contributed by atoms with Crippen LogP contribution in [0.25, 0.3) is 0 Å². The van der Waals surface area contributed by atoms with Crippen LogP contribution in [-0.2, 0) is 16.0 Å². The second kappa shape index (κ2) is 5.82. The maximum atomic E-state index is 13.1. The molecule has 2 rings (SSSR count). The summed E-state index contributed by atoms with van der Waals surface area (Å²) in [4.78, 5) is 10.7. The molecule has 0 saturated carbocycles. The van der Waals surface area contributed by atoms with Crippen LogP contribution in [-0.4, -0.2) is 30.3 Å². The number of aliphatic carboxylic acids is 1. The fourth-order valence-electron chi connectivity index (χ4n) is 2.07. The first kappa shape index (κ1) is 12.8. The molecule has 1 aliphatic heterocycles. The van der Waals surface area contributed by atoms with Crippen molar-refractivity contribution in [3.63, 3.8) is 0 Å². The molecule has 1 fully saturated rings. The molecule has 0 aliphatic carbocycles. The van der Waals surface area contributed by atoms with E-state index in [2.05, 4.69) is 5.32 Å². The van der Waals surface area contributed by atoms with Crippen LogP contribution in [0, 0.1) is 5.82 Å². The van der Waals surface area contributed by atoms with Crippen molar-refractivity contribution in [2.45, 2.75) is 25.4 Å². The molecule has 2 N–H and O–H groups in total.